The van der Waals surface area contributed by atoms with Gasteiger partial charge in [0.1, 0.15) is 0 Å². The second-order valence-electron chi connectivity index (χ2n) is 4.27. The fourth-order valence-corrected chi connectivity index (χ4v) is 2.12. The molecule has 2 aromatic carbocycles. The van der Waals surface area contributed by atoms with E-state index in [4.69, 9.17) is 17.3 Å². The van der Waals surface area contributed by atoms with E-state index in [1.54, 1.807) is 18.3 Å². The number of aromatic nitrogens is 1. The van der Waals surface area contributed by atoms with Gasteiger partial charge >= 0.3 is 0 Å². The Bertz CT molecular complexity index is 740. The van der Waals surface area contributed by atoms with Crippen molar-refractivity contribution in [3.05, 3.63) is 59.8 Å². The van der Waals surface area contributed by atoms with E-state index in [1.807, 2.05) is 36.4 Å². The van der Waals surface area contributed by atoms with Gasteiger partial charge in [0.05, 0.1) is 16.9 Å². The largest absolute Gasteiger partial charge is 0.397 e. The third-order valence-corrected chi connectivity index (χ3v) is 3.13. The average Bonchev–Trinajstić information content (AvgIpc) is 2.43. The summed E-state index contributed by atoms with van der Waals surface area (Å²) in [5.74, 6) is 0. The van der Waals surface area contributed by atoms with Crippen molar-refractivity contribution in [2.24, 2.45) is 0 Å². The summed E-state index contributed by atoms with van der Waals surface area (Å²) in [6.45, 7) is 0. The Balaban J connectivity index is 1.98. The monoisotopic (exact) mass is 269 g/mol. The number of nitrogens with one attached hydrogen (secondary N) is 1. The molecule has 0 fully saturated rings. The van der Waals surface area contributed by atoms with Crippen molar-refractivity contribution in [3.63, 3.8) is 0 Å². The van der Waals surface area contributed by atoms with Crippen LogP contribution in [0.5, 0.6) is 0 Å². The fourth-order valence-electron chi connectivity index (χ4n) is 1.95. The van der Waals surface area contributed by atoms with E-state index in [-0.39, 0.29) is 0 Å². The van der Waals surface area contributed by atoms with Crippen LogP contribution in [0.15, 0.2) is 54.7 Å². The number of rotatable bonds is 2. The van der Waals surface area contributed by atoms with E-state index in [0.29, 0.717) is 10.7 Å². The van der Waals surface area contributed by atoms with Crippen LogP contribution in [0, 0.1) is 0 Å². The van der Waals surface area contributed by atoms with Gasteiger partial charge in [0, 0.05) is 22.3 Å². The molecule has 0 radical (unpaired) electrons. The Morgan fingerprint density at radius 1 is 1.05 bits per heavy atom. The van der Waals surface area contributed by atoms with Crippen molar-refractivity contribution < 1.29 is 0 Å². The molecule has 0 saturated heterocycles. The third-order valence-electron chi connectivity index (χ3n) is 2.90. The zero-order valence-corrected chi connectivity index (χ0v) is 10.9. The zero-order valence-electron chi connectivity index (χ0n) is 10.1. The van der Waals surface area contributed by atoms with Crippen molar-refractivity contribution in [1.29, 1.82) is 0 Å². The first-order valence-corrected chi connectivity index (χ1v) is 6.27. The van der Waals surface area contributed by atoms with Crippen LogP contribution in [-0.4, -0.2) is 4.98 Å². The van der Waals surface area contributed by atoms with Crippen molar-refractivity contribution >= 4 is 39.6 Å². The molecule has 0 aliphatic carbocycles. The highest BCUT2D eigenvalue weighted by Gasteiger charge is 2.02. The second kappa shape index (κ2) is 4.78. The maximum Gasteiger partial charge on any atom is 0.0703 e. The Hall–Kier alpha value is -2.26. The number of fused-ring (bicyclic) bond motifs is 1. The summed E-state index contributed by atoms with van der Waals surface area (Å²) in [6, 6.07) is 15.3. The quantitative estimate of drug-likeness (QED) is 0.685. The minimum Gasteiger partial charge on any atom is -0.397 e. The van der Waals surface area contributed by atoms with Gasteiger partial charge in [0.15, 0.2) is 0 Å². The van der Waals surface area contributed by atoms with Gasteiger partial charge in [-0.15, -0.1) is 0 Å². The number of halogens is 1. The van der Waals surface area contributed by atoms with Crippen molar-refractivity contribution in [3.8, 4) is 0 Å². The molecule has 1 aromatic heterocycles. The minimum absolute atomic E-state index is 0.652. The van der Waals surface area contributed by atoms with Crippen LogP contribution >= 0.6 is 11.6 Å². The molecule has 3 aromatic rings. The topological polar surface area (TPSA) is 50.9 Å². The lowest BCUT2D eigenvalue weighted by Crippen LogP contribution is -1.96. The Morgan fingerprint density at radius 3 is 2.84 bits per heavy atom. The van der Waals surface area contributed by atoms with Crippen LogP contribution in [0.4, 0.5) is 17.1 Å². The van der Waals surface area contributed by atoms with Gasteiger partial charge in [0.2, 0.25) is 0 Å². The van der Waals surface area contributed by atoms with Gasteiger partial charge in [-0.3, -0.25) is 4.98 Å². The van der Waals surface area contributed by atoms with Crippen LogP contribution in [0.25, 0.3) is 10.9 Å². The Labute approximate surface area is 116 Å². The minimum atomic E-state index is 0.652. The molecule has 4 heteroatoms. The molecule has 0 unspecified atom stereocenters. The Morgan fingerprint density at radius 2 is 1.95 bits per heavy atom. The van der Waals surface area contributed by atoms with E-state index in [2.05, 4.69) is 10.3 Å². The van der Waals surface area contributed by atoms with E-state index in [9.17, 15) is 0 Å². The number of hydrogen-bond acceptors (Lipinski definition) is 3. The molecule has 1 heterocycles. The molecule has 0 spiro atoms. The van der Waals surface area contributed by atoms with Crippen molar-refractivity contribution in [1.82, 2.24) is 4.98 Å². The SMILES string of the molecule is Nc1ccc(Cl)cc1Nc1ccc2ncccc2c1. The number of nitrogen functional groups attached to an aromatic ring is 1. The van der Waals surface area contributed by atoms with E-state index in [0.717, 1.165) is 22.3 Å². The smallest absolute Gasteiger partial charge is 0.0703 e. The van der Waals surface area contributed by atoms with Gasteiger partial charge in [-0.2, -0.15) is 0 Å². The maximum absolute atomic E-state index is 5.97. The van der Waals surface area contributed by atoms with Crippen molar-refractivity contribution in [2.75, 3.05) is 11.1 Å². The standard InChI is InChI=1S/C15H12ClN3/c16-11-3-5-13(17)15(9-11)19-12-4-6-14-10(8-12)2-1-7-18-14/h1-9,19H,17H2. The molecule has 3 rings (SSSR count). The van der Waals surface area contributed by atoms with E-state index >= 15 is 0 Å². The van der Waals surface area contributed by atoms with Crippen LogP contribution in [0.1, 0.15) is 0 Å². The number of hydrogen-bond donors (Lipinski definition) is 2. The number of benzene rings is 2. The summed E-state index contributed by atoms with van der Waals surface area (Å²) < 4.78 is 0. The molecular weight excluding hydrogens is 258 g/mol. The lowest BCUT2D eigenvalue weighted by atomic mass is 10.2. The summed E-state index contributed by atoms with van der Waals surface area (Å²) in [6.07, 6.45) is 1.78. The van der Waals surface area contributed by atoms with Gasteiger partial charge in [0.25, 0.3) is 0 Å². The number of pyridine rings is 1. The number of nitrogens with two attached hydrogens (primary N) is 1. The predicted octanol–water partition coefficient (Wildman–Crippen LogP) is 4.21. The van der Waals surface area contributed by atoms with Gasteiger partial charge in [-0.25, -0.2) is 0 Å². The highest BCUT2D eigenvalue weighted by atomic mass is 35.5. The molecule has 3 N–H and O–H groups in total. The number of nitrogens with zero attached hydrogens (tertiary/aromatic N) is 1. The molecule has 0 amide bonds. The fraction of sp³-hybridized carbons (Fsp3) is 0. The first kappa shape index (κ1) is 11.8. The van der Waals surface area contributed by atoms with Crippen molar-refractivity contribution in [2.45, 2.75) is 0 Å². The Kier molecular flexibility index (Phi) is 2.97. The maximum atomic E-state index is 5.97. The van der Waals surface area contributed by atoms with Gasteiger partial charge in [-0.1, -0.05) is 17.7 Å². The first-order valence-electron chi connectivity index (χ1n) is 5.89. The molecule has 0 bridgehead atoms. The lowest BCUT2D eigenvalue weighted by Gasteiger charge is -2.10. The lowest BCUT2D eigenvalue weighted by molar-refractivity contribution is 1.41. The third kappa shape index (κ3) is 2.46. The summed E-state index contributed by atoms with van der Waals surface area (Å²) >= 11 is 5.97. The van der Waals surface area contributed by atoms with Crippen LogP contribution < -0.4 is 11.1 Å². The first-order chi connectivity index (χ1) is 9.22. The molecular formula is C15H12ClN3. The normalized spacial score (nSPS) is 10.6. The average molecular weight is 270 g/mol. The summed E-state index contributed by atoms with van der Waals surface area (Å²) in [5, 5.41) is 5.00. The molecule has 94 valence electrons. The molecule has 19 heavy (non-hydrogen) atoms. The van der Waals surface area contributed by atoms with Gasteiger partial charge in [-0.05, 0) is 42.5 Å². The summed E-state index contributed by atoms with van der Waals surface area (Å²) in [4.78, 5) is 4.29. The van der Waals surface area contributed by atoms with E-state index in [1.165, 1.54) is 0 Å². The van der Waals surface area contributed by atoms with Crippen LogP contribution in [-0.2, 0) is 0 Å². The van der Waals surface area contributed by atoms with Crippen LogP contribution in [0.2, 0.25) is 5.02 Å². The second-order valence-corrected chi connectivity index (χ2v) is 4.70. The highest BCUT2D eigenvalue weighted by Crippen LogP contribution is 2.27. The predicted molar refractivity (Wildman–Crippen MR) is 80.9 cm³/mol. The summed E-state index contributed by atoms with van der Waals surface area (Å²) in [7, 11) is 0. The molecule has 0 atom stereocenters. The zero-order chi connectivity index (χ0) is 13.2. The highest BCUT2D eigenvalue weighted by molar-refractivity contribution is 6.31. The molecule has 0 aliphatic rings. The molecule has 0 saturated carbocycles. The molecule has 3 nitrogen and oxygen atoms in total. The summed E-state index contributed by atoms with van der Waals surface area (Å²) in [5.41, 5.74) is 9.30. The van der Waals surface area contributed by atoms with E-state index < -0.39 is 0 Å². The van der Waals surface area contributed by atoms with Gasteiger partial charge < -0.3 is 11.1 Å². The van der Waals surface area contributed by atoms with Crippen LogP contribution in [0.3, 0.4) is 0 Å². The number of anilines is 3. The molecule has 0 aliphatic heterocycles.